The van der Waals surface area contributed by atoms with Crippen LogP contribution in [-0.4, -0.2) is 75.3 Å². The van der Waals surface area contributed by atoms with Gasteiger partial charge in [0.1, 0.15) is 0 Å². The van der Waals surface area contributed by atoms with Crippen LogP contribution in [0.5, 0.6) is 0 Å². The summed E-state index contributed by atoms with van der Waals surface area (Å²) in [7, 11) is -0.433. The molecule has 0 radical (unpaired) electrons. The molecule has 0 saturated heterocycles. The molecule has 0 aliphatic carbocycles. The van der Waals surface area contributed by atoms with Gasteiger partial charge in [-0.3, -0.25) is 0 Å². The molecule has 0 aliphatic rings. The van der Waals surface area contributed by atoms with Crippen LogP contribution in [0.15, 0.2) is 0 Å². The maximum absolute atomic E-state index is 13.3. The lowest BCUT2D eigenvalue weighted by atomic mass is 10.0. The van der Waals surface area contributed by atoms with E-state index in [0.29, 0.717) is 19.9 Å². The SMILES string of the molecule is CC(F)(CCCS(=O)(=O)NCCC[N+](C)(C)CC(=O)O)C(F)(F)F. The van der Waals surface area contributed by atoms with Crippen molar-refractivity contribution < 1.29 is 40.4 Å². The third-order valence-electron chi connectivity index (χ3n) is 3.48. The second-order valence-corrected chi connectivity index (χ2v) is 8.50. The predicted molar refractivity (Wildman–Crippen MR) is 80.7 cm³/mol. The molecule has 0 spiro atoms. The fraction of sp³-hybridized carbons (Fsp3) is 0.923. The van der Waals surface area contributed by atoms with E-state index in [9.17, 15) is 30.8 Å². The standard InChI is InChI=1S/C13H24F4N2O4S/c1-12(14,13(15,16)17)6-4-9-24(22,23)18-7-5-8-19(2,3)10-11(20)21/h18H,4-10H2,1-3H3/p+1. The largest absolute Gasteiger partial charge is 0.477 e. The molecule has 0 amide bonds. The molecule has 1 atom stereocenters. The van der Waals surface area contributed by atoms with Crippen LogP contribution in [0.4, 0.5) is 17.6 Å². The number of likely N-dealkylation sites (N-methyl/N-ethyl adjacent to an activating group) is 1. The average molecular weight is 381 g/mol. The van der Waals surface area contributed by atoms with E-state index in [2.05, 4.69) is 4.72 Å². The van der Waals surface area contributed by atoms with Crippen molar-refractivity contribution in [3.8, 4) is 0 Å². The number of carboxylic acid groups (broad SMARTS) is 1. The van der Waals surface area contributed by atoms with E-state index in [1.165, 1.54) is 0 Å². The Labute approximate surface area is 139 Å². The zero-order valence-electron chi connectivity index (χ0n) is 14.0. The quantitative estimate of drug-likeness (QED) is 0.323. The highest BCUT2D eigenvalue weighted by Gasteiger charge is 2.51. The van der Waals surface area contributed by atoms with Crippen LogP contribution in [0, 0.1) is 0 Å². The van der Waals surface area contributed by atoms with Crippen LogP contribution in [-0.2, 0) is 14.8 Å². The summed E-state index contributed by atoms with van der Waals surface area (Å²) in [6.45, 7) is 0.718. The third kappa shape index (κ3) is 9.38. The first-order chi connectivity index (χ1) is 10.6. The van der Waals surface area contributed by atoms with E-state index in [-0.39, 0.29) is 17.6 Å². The van der Waals surface area contributed by atoms with Crippen molar-refractivity contribution in [3.05, 3.63) is 0 Å². The number of carboxylic acids is 1. The number of nitrogens with one attached hydrogen (secondary N) is 1. The number of nitrogens with zero attached hydrogens (tertiary/aromatic N) is 1. The van der Waals surface area contributed by atoms with Gasteiger partial charge in [0.05, 0.1) is 26.4 Å². The Hall–Kier alpha value is -0.940. The van der Waals surface area contributed by atoms with E-state index in [0.717, 1.165) is 0 Å². The van der Waals surface area contributed by atoms with Gasteiger partial charge in [0, 0.05) is 13.0 Å². The summed E-state index contributed by atoms with van der Waals surface area (Å²) in [6, 6.07) is 0. The Balaban J connectivity index is 4.18. The minimum Gasteiger partial charge on any atom is -0.477 e. The van der Waals surface area contributed by atoms with Crippen molar-refractivity contribution in [3.63, 3.8) is 0 Å². The Morgan fingerprint density at radius 3 is 2.17 bits per heavy atom. The fourth-order valence-electron chi connectivity index (χ4n) is 1.99. The molecular weight excluding hydrogens is 356 g/mol. The second-order valence-electron chi connectivity index (χ2n) is 6.58. The number of rotatable bonds is 11. The normalized spacial score (nSPS) is 16.0. The Morgan fingerprint density at radius 1 is 1.17 bits per heavy atom. The van der Waals surface area contributed by atoms with Crippen molar-refractivity contribution in [2.24, 2.45) is 0 Å². The minimum atomic E-state index is -5.03. The molecule has 0 bridgehead atoms. The summed E-state index contributed by atoms with van der Waals surface area (Å²) in [5.74, 6) is -1.57. The molecule has 0 heterocycles. The van der Waals surface area contributed by atoms with E-state index >= 15 is 0 Å². The molecule has 0 fully saturated rings. The van der Waals surface area contributed by atoms with Crippen LogP contribution in [0.25, 0.3) is 0 Å². The third-order valence-corrected chi connectivity index (χ3v) is 4.95. The molecular formula is C13H25F4N2O4S+. The Morgan fingerprint density at radius 2 is 1.71 bits per heavy atom. The van der Waals surface area contributed by atoms with Gasteiger partial charge in [-0.1, -0.05) is 0 Å². The van der Waals surface area contributed by atoms with Crippen molar-refractivity contribution in [1.82, 2.24) is 4.72 Å². The van der Waals surface area contributed by atoms with Crippen LogP contribution in [0.3, 0.4) is 0 Å². The van der Waals surface area contributed by atoms with Gasteiger partial charge >= 0.3 is 12.1 Å². The zero-order valence-corrected chi connectivity index (χ0v) is 14.8. The summed E-state index contributed by atoms with van der Waals surface area (Å²) in [4.78, 5) is 10.6. The first kappa shape index (κ1) is 23.1. The van der Waals surface area contributed by atoms with Gasteiger partial charge in [-0.2, -0.15) is 13.2 Å². The Bertz CT molecular complexity index is 519. The molecule has 0 aliphatic heterocycles. The highest BCUT2D eigenvalue weighted by molar-refractivity contribution is 7.89. The van der Waals surface area contributed by atoms with Gasteiger partial charge in [0.2, 0.25) is 15.7 Å². The number of alkyl halides is 4. The summed E-state index contributed by atoms with van der Waals surface area (Å²) < 4.78 is 76.0. The highest BCUT2D eigenvalue weighted by Crippen LogP contribution is 2.37. The Kier molecular flexibility index (Phi) is 8.10. The van der Waals surface area contributed by atoms with Gasteiger partial charge in [-0.05, 0) is 19.8 Å². The lowest BCUT2D eigenvalue weighted by Gasteiger charge is -2.27. The van der Waals surface area contributed by atoms with Crippen molar-refractivity contribution in [2.45, 2.75) is 38.0 Å². The predicted octanol–water partition coefficient (Wildman–Crippen LogP) is 1.53. The first-order valence-corrected chi connectivity index (χ1v) is 9.00. The summed E-state index contributed by atoms with van der Waals surface area (Å²) in [5, 5.41) is 8.72. The summed E-state index contributed by atoms with van der Waals surface area (Å²) >= 11 is 0. The molecule has 6 nitrogen and oxygen atoms in total. The van der Waals surface area contributed by atoms with E-state index < -0.39 is 46.4 Å². The number of halogens is 4. The maximum Gasteiger partial charge on any atom is 0.422 e. The van der Waals surface area contributed by atoms with Crippen LogP contribution in [0.2, 0.25) is 0 Å². The maximum atomic E-state index is 13.3. The fourth-order valence-corrected chi connectivity index (χ4v) is 3.11. The molecule has 11 heteroatoms. The topological polar surface area (TPSA) is 83.5 Å². The van der Waals surface area contributed by atoms with E-state index in [1.54, 1.807) is 14.1 Å². The van der Waals surface area contributed by atoms with Crippen LogP contribution >= 0.6 is 0 Å². The number of quaternary nitrogens is 1. The van der Waals surface area contributed by atoms with Gasteiger partial charge in [-0.15, -0.1) is 0 Å². The van der Waals surface area contributed by atoms with E-state index in [4.69, 9.17) is 5.11 Å². The molecule has 0 saturated carbocycles. The highest BCUT2D eigenvalue weighted by atomic mass is 32.2. The van der Waals surface area contributed by atoms with Gasteiger partial charge in [0.15, 0.2) is 6.54 Å². The number of carbonyl (C=O) groups is 1. The van der Waals surface area contributed by atoms with Crippen molar-refractivity contribution in [1.29, 1.82) is 0 Å². The zero-order chi connectivity index (χ0) is 19.2. The molecule has 2 N–H and O–H groups in total. The van der Waals surface area contributed by atoms with Gasteiger partial charge < -0.3 is 9.59 Å². The molecule has 1 unspecified atom stereocenters. The number of sulfonamides is 1. The van der Waals surface area contributed by atoms with Gasteiger partial charge in [-0.25, -0.2) is 22.3 Å². The molecule has 0 rings (SSSR count). The van der Waals surface area contributed by atoms with E-state index in [1.807, 2.05) is 0 Å². The lowest BCUT2D eigenvalue weighted by molar-refractivity contribution is -0.883. The van der Waals surface area contributed by atoms with Crippen molar-refractivity contribution >= 4 is 16.0 Å². The second kappa shape index (κ2) is 8.43. The van der Waals surface area contributed by atoms with Gasteiger partial charge in [0.25, 0.3) is 0 Å². The molecule has 144 valence electrons. The van der Waals surface area contributed by atoms with Crippen LogP contribution < -0.4 is 4.72 Å². The first-order valence-electron chi connectivity index (χ1n) is 7.35. The lowest BCUT2D eigenvalue weighted by Crippen LogP contribution is -2.45. The summed E-state index contributed by atoms with van der Waals surface area (Å²) in [5.41, 5.74) is -3.42. The number of hydrogen-bond donors (Lipinski definition) is 2. The number of aliphatic carboxylic acids is 1. The molecule has 0 aromatic rings. The average Bonchev–Trinajstić information content (AvgIpc) is 2.31. The number of hydrogen-bond acceptors (Lipinski definition) is 3. The summed E-state index contributed by atoms with van der Waals surface area (Å²) in [6.07, 6.45) is -6.05. The molecule has 0 aromatic carbocycles. The smallest absolute Gasteiger partial charge is 0.422 e. The van der Waals surface area contributed by atoms with Crippen molar-refractivity contribution in [2.75, 3.05) is 39.5 Å². The molecule has 0 aromatic heterocycles. The monoisotopic (exact) mass is 381 g/mol. The minimum absolute atomic E-state index is 0.0375. The molecule has 24 heavy (non-hydrogen) atoms. The van der Waals surface area contributed by atoms with Crippen LogP contribution in [0.1, 0.15) is 26.2 Å².